The average Bonchev–Trinajstić information content (AvgIpc) is 2.28. The Morgan fingerprint density at radius 3 is 2.24 bits per heavy atom. The van der Waals surface area contributed by atoms with Gasteiger partial charge in [0.25, 0.3) is 0 Å². The Balaban J connectivity index is 2.54. The smallest absolute Gasteiger partial charge is 0.222 e. The molecule has 0 aliphatic rings. The number of benzene rings is 1. The van der Waals surface area contributed by atoms with Gasteiger partial charge in [-0.1, -0.05) is 51.1 Å². The van der Waals surface area contributed by atoms with Crippen molar-refractivity contribution in [3.8, 4) is 11.3 Å². The van der Waals surface area contributed by atoms with Gasteiger partial charge in [-0.25, -0.2) is 9.97 Å². The van der Waals surface area contributed by atoms with Gasteiger partial charge in [-0.05, 0) is 17.7 Å². The second kappa shape index (κ2) is 4.46. The van der Waals surface area contributed by atoms with E-state index in [0.717, 1.165) is 17.0 Å². The summed E-state index contributed by atoms with van der Waals surface area (Å²) in [4.78, 5) is 8.56. The fraction of sp³-hybridized carbons (Fsp3) is 0.286. The molecular weight excluding hydrogens is 232 g/mol. The van der Waals surface area contributed by atoms with Crippen LogP contribution in [0.4, 0.5) is 0 Å². The van der Waals surface area contributed by atoms with Gasteiger partial charge in [0.2, 0.25) is 5.28 Å². The lowest BCUT2D eigenvalue weighted by Gasteiger charge is -2.18. The summed E-state index contributed by atoms with van der Waals surface area (Å²) in [5, 5.41) is 0.302. The summed E-state index contributed by atoms with van der Waals surface area (Å²) in [7, 11) is 0. The summed E-state index contributed by atoms with van der Waals surface area (Å²) in [6.45, 7) is 6.33. The largest absolute Gasteiger partial charge is 0.223 e. The molecule has 1 heterocycles. The Kier molecular flexibility index (Phi) is 3.16. The highest BCUT2D eigenvalue weighted by Crippen LogP contribution is 2.26. The third-order valence-electron chi connectivity index (χ3n) is 2.54. The molecular formula is C14H15ClN2. The molecule has 1 aromatic heterocycles. The molecule has 0 N–H and O–H groups in total. The normalized spacial score (nSPS) is 11.5. The van der Waals surface area contributed by atoms with Gasteiger partial charge in [0, 0.05) is 11.0 Å². The molecule has 0 radical (unpaired) electrons. The van der Waals surface area contributed by atoms with Gasteiger partial charge in [-0.2, -0.15) is 0 Å². The number of hydrogen-bond donors (Lipinski definition) is 0. The molecule has 2 aromatic rings. The lowest BCUT2D eigenvalue weighted by atomic mass is 9.91. The highest BCUT2D eigenvalue weighted by atomic mass is 35.5. The number of halogens is 1. The summed E-state index contributed by atoms with van der Waals surface area (Å²) in [6.07, 6.45) is 0. The van der Waals surface area contributed by atoms with E-state index in [-0.39, 0.29) is 5.41 Å². The van der Waals surface area contributed by atoms with Gasteiger partial charge in [-0.3, -0.25) is 0 Å². The molecule has 17 heavy (non-hydrogen) atoms. The molecule has 0 spiro atoms. The first-order valence-electron chi connectivity index (χ1n) is 5.57. The zero-order valence-corrected chi connectivity index (χ0v) is 11.0. The molecule has 0 atom stereocenters. The van der Waals surface area contributed by atoms with Crippen LogP contribution in [0.1, 0.15) is 26.5 Å². The van der Waals surface area contributed by atoms with E-state index in [1.165, 1.54) is 0 Å². The number of rotatable bonds is 1. The molecule has 0 amide bonds. The van der Waals surface area contributed by atoms with Gasteiger partial charge in [0.1, 0.15) is 0 Å². The van der Waals surface area contributed by atoms with Crippen LogP contribution >= 0.6 is 11.6 Å². The van der Waals surface area contributed by atoms with Crippen molar-refractivity contribution in [3.05, 3.63) is 47.4 Å². The van der Waals surface area contributed by atoms with Crippen LogP contribution in [0.15, 0.2) is 36.4 Å². The van der Waals surface area contributed by atoms with E-state index in [4.69, 9.17) is 11.6 Å². The van der Waals surface area contributed by atoms with Crippen molar-refractivity contribution in [2.45, 2.75) is 26.2 Å². The van der Waals surface area contributed by atoms with Crippen molar-refractivity contribution in [1.82, 2.24) is 9.97 Å². The molecule has 88 valence electrons. The van der Waals surface area contributed by atoms with Crippen molar-refractivity contribution in [2.24, 2.45) is 0 Å². The van der Waals surface area contributed by atoms with Crippen LogP contribution in [0.3, 0.4) is 0 Å². The van der Waals surface area contributed by atoms with Gasteiger partial charge in [0.15, 0.2) is 0 Å². The van der Waals surface area contributed by atoms with E-state index in [0.29, 0.717) is 5.28 Å². The zero-order valence-electron chi connectivity index (χ0n) is 10.2. The maximum absolute atomic E-state index is 5.98. The average molecular weight is 247 g/mol. The molecule has 3 heteroatoms. The van der Waals surface area contributed by atoms with Gasteiger partial charge < -0.3 is 0 Å². The van der Waals surface area contributed by atoms with Crippen molar-refractivity contribution < 1.29 is 0 Å². The number of aromatic nitrogens is 2. The SMILES string of the molecule is CC(C)(C)c1cc(-c2ccccc2)nc(Cl)n1. The molecule has 1 aromatic carbocycles. The third-order valence-corrected chi connectivity index (χ3v) is 2.71. The van der Waals surface area contributed by atoms with Gasteiger partial charge in [-0.15, -0.1) is 0 Å². The lowest BCUT2D eigenvalue weighted by Crippen LogP contribution is -2.14. The quantitative estimate of drug-likeness (QED) is 0.708. The zero-order chi connectivity index (χ0) is 12.5. The molecule has 0 bridgehead atoms. The van der Waals surface area contributed by atoms with Crippen molar-refractivity contribution >= 4 is 11.6 Å². The van der Waals surface area contributed by atoms with Crippen LogP contribution in [0, 0.1) is 0 Å². The molecule has 0 saturated heterocycles. The standard InChI is InChI=1S/C14H15ClN2/c1-14(2,3)12-9-11(16-13(15)17-12)10-7-5-4-6-8-10/h4-9H,1-3H3. The lowest BCUT2D eigenvalue weighted by molar-refractivity contribution is 0.567. The summed E-state index contributed by atoms with van der Waals surface area (Å²) < 4.78 is 0. The van der Waals surface area contributed by atoms with E-state index in [2.05, 4.69) is 30.7 Å². The second-order valence-electron chi connectivity index (χ2n) is 5.02. The van der Waals surface area contributed by atoms with Crippen LogP contribution in [0.2, 0.25) is 5.28 Å². The third kappa shape index (κ3) is 2.83. The van der Waals surface area contributed by atoms with Crippen molar-refractivity contribution in [2.75, 3.05) is 0 Å². The molecule has 0 saturated carbocycles. The van der Waals surface area contributed by atoms with Gasteiger partial charge >= 0.3 is 0 Å². The predicted molar refractivity (Wildman–Crippen MR) is 71.2 cm³/mol. The first-order chi connectivity index (χ1) is 7.97. The fourth-order valence-corrected chi connectivity index (χ4v) is 1.74. The number of hydrogen-bond acceptors (Lipinski definition) is 2. The summed E-state index contributed by atoms with van der Waals surface area (Å²) in [5.41, 5.74) is 2.85. The highest BCUT2D eigenvalue weighted by Gasteiger charge is 2.17. The Bertz CT molecular complexity index is 515. The predicted octanol–water partition coefficient (Wildman–Crippen LogP) is 4.09. The summed E-state index contributed by atoms with van der Waals surface area (Å²) in [5.74, 6) is 0. The maximum atomic E-state index is 5.98. The van der Waals surface area contributed by atoms with Crippen LogP contribution in [0.25, 0.3) is 11.3 Å². The minimum atomic E-state index is -0.0316. The van der Waals surface area contributed by atoms with E-state index >= 15 is 0 Å². The Morgan fingerprint density at radius 2 is 1.65 bits per heavy atom. The minimum absolute atomic E-state index is 0.0316. The van der Waals surface area contributed by atoms with Crippen molar-refractivity contribution in [3.63, 3.8) is 0 Å². The topological polar surface area (TPSA) is 25.8 Å². The summed E-state index contributed by atoms with van der Waals surface area (Å²) in [6, 6.07) is 12.0. The van der Waals surface area contributed by atoms with Crippen molar-refractivity contribution in [1.29, 1.82) is 0 Å². The van der Waals surface area contributed by atoms with Crippen LogP contribution in [-0.4, -0.2) is 9.97 Å². The summed E-state index contributed by atoms with van der Waals surface area (Å²) >= 11 is 5.98. The Morgan fingerprint density at radius 1 is 1.00 bits per heavy atom. The van der Waals surface area contributed by atoms with Crippen LogP contribution in [-0.2, 0) is 5.41 Å². The molecule has 0 unspecified atom stereocenters. The Labute approximate surface area is 107 Å². The second-order valence-corrected chi connectivity index (χ2v) is 5.36. The highest BCUT2D eigenvalue weighted by molar-refractivity contribution is 6.28. The van der Waals surface area contributed by atoms with E-state index < -0.39 is 0 Å². The van der Waals surface area contributed by atoms with E-state index in [9.17, 15) is 0 Å². The van der Waals surface area contributed by atoms with E-state index in [1.54, 1.807) is 0 Å². The van der Waals surface area contributed by atoms with Gasteiger partial charge in [0.05, 0.1) is 11.4 Å². The van der Waals surface area contributed by atoms with Crippen LogP contribution < -0.4 is 0 Å². The minimum Gasteiger partial charge on any atom is -0.222 e. The number of nitrogens with zero attached hydrogens (tertiary/aromatic N) is 2. The molecule has 2 nitrogen and oxygen atoms in total. The fourth-order valence-electron chi connectivity index (χ4n) is 1.56. The van der Waals surface area contributed by atoms with Crippen LogP contribution in [0.5, 0.6) is 0 Å². The molecule has 0 fully saturated rings. The van der Waals surface area contributed by atoms with E-state index in [1.807, 2.05) is 36.4 Å². The maximum Gasteiger partial charge on any atom is 0.223 e. The first-order valence-corrected chi connectivity index (χ1v) is 5.95. The monoisotopic (exact) mass is 246 g/mol. The molecule has 0 aliphatic carbocycles. The first kappa shape index (κ1) is 12.1. The molecule has 2 rings (SSSR count). The Hall–Kier alpha value is -1.41. The molecule has 0 aliphatic heterocycles.